The number of nitrogens with one attached hydrogen (secondary N) is 3. The topological polar surface area (TPSA) is 96.5 Å². The van der Waals surface area contributed by atoms with E-state index in [1.807, 2.05) is 24.3 Å². The van der Waals surface area contributed by atoms with Crippen molar-refractivity contribution in [2.45, 2.75) is 58.6 Å². The second kappa shape index (κ2) is 9.39. The van der Waals surface area contributed by atoms with Gasteiger partial charge in [0.2, 0.25) is 11.8 Å². The summed E-state index contributed by atoms with van der Waals surface area (Å²) in [5.41, 5.74) is 0.904. The zero-order valence-electron chi connectivity index (χ0n) is 16.3. The van der Waals surface area contributed by atoms with Gasteiger partial charge in [-0.25, -0.2) is 4.79 Å². The van der Waals surface area contributed by atoms with E-state index in [9.17, 15) is 14.4 Å². The zero-order chi connectivity index (χ0) is 19.9. The second-order valence-corrected chi connectivity index (χ2v) is 7.76. The Morgan fingerprint density at radius 1 is 1.07 bits per heavy atom. The van der Waals surface area contributed by atoms with E-state index in [0.717, 1.165) is 31.2 Å². The first kappa shape index (κ1) is 20.7. The summed E-state index contributed by atoms with van der Waals surface area (Å²) >= 11 is 0. The summed E-state index contributed by atoms with van der Waals surface area (Å²) in [7, 11) is 0. The third-order valence-corrected chi connectivity index (χ3v) is 4.27. The fourth-order valence-electron chi connectivity index (χ4n) is 2.94. The SMILES string of the molecule is CC(C)(C)OC(=O)NCC(=O)NCc1ccccc1NC(=O)C1CCCC1. The zero-order valence-corrected chi connectivity index (χ0v) is 16.3. The number of benzene rings is 1. The maximum Gasteiger partial charge on any atom is 0.408 e. The summed E-state index contributed by atoms with van der Waals surface area (Å²) in [6, 6.07) is 7.38. The third kappa shape index (κ3) is 7.29. The summed E-state index contributed by atoms with van der Waals surface area (Å²) in [6.45, 7) is 5.35. The highest BCUT2D eigenvalue weighted by Crippen LogP contribution is 2.26. The summed E-state index contributed by atoms with van der Waals surface area (Å²) < 4.78 is 5.08. The minimum absolute atomic E-state index is 0.0397. The van der Waals surface area contributed by atoms with Gasteiger partial charge in [-0.2, -0.15) is 0 Å². The van der Waals surface area contributed by atoms with Gasteiger partial charge < -0.3 is 20.7 Å². The standard InChI is InChI=1S/C20H29N3O4/c1-20(2,3)27-19(26)22-13-17(24)21-12-15-10-6-7-11-16(15)23-18(25)14-8-4-5-9-14/h6-7,10-11,14H,4-5,8-9,12-13H2,1-3H3,(H,21,24)(H,22,26)(H,23,25). The molecule has 1 aliphatic carbocycles. The predicted molar refractivity (Wildman–Crippen MR) is 103 cm³/mol. The van der Waals surface area contributed by atoms with E-state index in [1.54, 1.807) is 20.8 Å². The molecule has 2 rings (SSSR count). The van der Waals surface area contributed by atoms with Crippen LogP contribution in [0.15, 0.2) is 24.3 Å². The molecule has 3 amide bonds. The predicted octanol–water partition coefficient (Wildman–Crippen LogP) is 2.96. The fraction of sp³-hybridized carbons (Fsp3) is 0.550. The molecule has 0 radical (unpaired) electrons. The van der Waals surface area contributed by atoms with Crippen LogP contribution in [-0.2, 0) is 20.9 Å². The summed E-state index contributed by atoms with van der Waals surface area (Å²) in [5.74, 6) is -0.221. The van der Waals surface area contributed by atoms with Crippen molar-refractivity contribution in [2.24, 2.45) is 5.92 Å². The molecule has 0 heterocycles. The van der Waals surface area contributed by atoms with Crippen LogP contribution in [0.1, 0.15) is 52.0 Å². The van der Waals surface area contributed by atoms with Crippen LogP contribution in [0.2, 0.25) is 0 Å². The summed E-state index contributed by atoms with van der Waals surface area (Å²) in [4.78, 5) is 35.9. The van der Waals surface area contributed by atoms with Gasteiger partial charge in [0.15, 0.2) is 0 Å². The molecule has 0 spiro atoms. The molecular weight excluding hydrogens is 346 g/mol. The third-order valence-electron chi connectivity index (χ3n) is 4.27. The first-order valence-electron chi connectivity index (χ1n) is 9.37. The molecule has 1 aliphatic rings. The molecule has 148 valence electrons. The van der Waals surface area contributed by atoms with Crippen molar-refractivity contribution >= 4 is 23.6 Å². The van der Waals surface area contributed by atoms with Gasteiger partial charge in [-0.1, -0.05) is 31.0 Å². The molecule has 7 heteroatoms. The molecule has 1 fully saturated rings. The number of hydrogen-bond acceptors (Lipinski definition) is 4. The number of para-hydroxylation sites is 1. The number of rotatable bonds is 6. The van der Waals surface area contributed by atoms with Crippen LogP contribution in [-0.4, -0.2) is 30.1 Å². The van der Waals surface area contributed by atoms with Crippen LogP contribution < -0.4 is 16.0 Å². The molecule has 1 saturated carbocycles. The lowest BCUT2D eigenvalue weighted by molar-refractivity contribution is -0.120. The lowest BCUT2D eigenvalue weighted by Crippen LogP contribution is -2.39. The Balaban J connectivity index is 1.82. The van der Waals surface area contributed by atoms with E-state index in [4.69, 9.17) is 4.74 Å². The number of ether oxygens (including phenoxy) is 1. The van der Waals surface area contributed by atoms with Crippen LogP contribution in [0.5, 0.6) is 0 Å². The molecule has 0 bridgehead atoms. The molecule has 1 aromatic carbocycles. The van der Waals surface area contributed by atoms with Crippen LogP contribution in [0.25, 0.3) is 0 Å². The van der Waals surface area contributed by atoms with Gasteiger partial charge in [-0.15, -0.1) is 0 Å². The van der Waals surface area contributed by atoms with Crippen LogP contribution in [0.3, 0.4) is 0 Å². The minimum atomic E-state index is -0.637. The molecule has 0 aromatic heterocycles. The van der Waals surface area contributed by atoms with Gasteiger partial charge in [-0.3, -0.25) is 9.59 Å². The van der Waals surface area contributed by atoms with Gasteiger partial charge in [0.25, 0.3) is 0 Å². The van der Waals surface area contributed by atoms with E-state index in [-0.39, 0.29) is 30.8 Å². The lowest BCUT2D eigenvalue weighted by atomic mass is 10.1. The van der Waals surface area contributed by atoms with E-state index in [1.165, 1.54) is 0 Å². The van der Waals surface area contributed by atoms with Gasteiger partial charge in [0, 0.05) is 18.2 Å². The molecule has 1 aromatic rings. The molecule has 3 N–H and O–H groups in total. The number of carbonyl (C=O) groups excluding carboxylic acids is 3. The van der Waals surface area contributed by atoms with Gasteiger partial charge in [-0.05, 0) is 45.2 Å². The Bertz CT molecular complexity index is 676. The number of anilines is 1. The first-order valence-corrected chi connectivity index (χ1v) is 9.37. The Hall–Kier alpha value is -2.57. The van der Waals surface area contributed by atoms with Crippen LogP contribution >= 0.6 is 0 Å². The number of hydrogen-bond donors (Lipinski definition) is 3. The van der Waals surface area contributed by atoms with Crippen molar-refractivity contribution in [3.63, 3.8) is 0 Å². The van der Waals surface area contributed by atoms with Crippen molar-refractivity contribution in [2.75, 3.05) is 11.9 Å². The van der Waals surface area contributed by atoms with Gasteiger partial charge >= 0.3 is 6.09 Å². The second-order valence-electron chi connectivity index (χ2n) is 7.76. The molecule has 27 heavy (non-hydrogen) atoms. The largest absolute Gasteiger partial charge is 0.444 e. The molecule has 0 aliphatic heterocycles. The molecule has 0 saturated heterocycles. The molecule has 0 atom stereocenters. The molecular formula is C20H29N3O4. The quantitative estimate of drug-likeness (QED) is 0.712. The average molecular weight is 375 g/mol. The monoisotopic (exact) mass is 375 g/mol. The van der Waals surface area contributed by atoms with Crippen molar-refractivity contribution in [3.05, 3.63) is 29.8 Å². The first-order chi connectivity index (χ1) is 12.7. The molecule has 7 nitrogen and oxygen atoms in total. The number of alkyl carbamates (subject to hydrolysis) is 1. The minimum Gasteiger partial charge on any atom is -0.444 e. The Kier molecular flexibility index (Phi) is 7.21. The van der Waals surface area contributed by atoms with E-state index in [2.05, 4.69) is 16.0 Å². The Morgan fingerprint density at radius 3 is 2.41 bits per heavy atom. The summed E-state index contributed by atoms with van der Waals surface area (Å²) in [6.07, 6.45) is 3.42. The van der Waals surface area contributed by atoms with Crippen LogP contribution in [0.4, 0.5) is 10.5 Å². The highest BCUT2D eigenvalue weighted by molar-refractivity contribution is 5.93. The Morgan fingerprint density at radius 2 is 1.74 bits per heavy atom. The maximum absolute atomic E-state index is 12.3. The highest BCUT2D eigenvalue weighted by atomic mass is 16.6. The van der Waals surface area contributed by atoms with Gasteiger partial charge in [0.05, 0.1) is 0 Å². The van der Waals surface area contributed by atoms with E-state index < -0.39 is 11.7 Å². The normalized spacial score (nSPS) is 14.5. The number of amides is 3. The van der Waals surface area contributed by atoms with Crippen molar-refractivity contribution in [3.8, 4) is 0 Å². The fourth-order valence-corrected chi connectivity index (χ4v) is 2.94. The van der Waals surface area contributed by atoms with Crippen molar-refractivity contribution in [1.29, 1.82) is 0 Å². The smallest absolute Gasteiger partial charge is 0.408 e. The van der Waals surface area contributed by atoms with Gasteiger partial charge in [0.1, 0.15) is 12.1 Å². The van der Waals surface area contributed by atoms with Crippen molar-refractivity contribution in [1.82, 2.24) is 10.6 Å². The van der Waals surface area contributed by atoms with Crippen molar-refractivity contribution < 1.29 is 19.1 Å². The van der Waals surface area contributed by atoms with E-state index in [0.29, 0.717) is 5.69 Å². The Labute approximate surface area is 160 Å². The van der Waals surface area contributed by atoms with Crippen LogP contribution in [0, 0.1) is 5.92 Å². The van der Waals surface area contributed by atoms with E-state index >= 15 is 0 Å². The summed E-state index contributed by atoms with van der Waals surface area (Å²) in [5, 5.41) is 8.13. The highest BCUT2D eigenvalue weighted by Gasteiger charge is 2.23. The maximum atomic E-state index is 12.3. The number of carbonyl (C=O) groups is 3. The molecule has 0 unspecified atom stereocenters. The lowest BCUT2D eigenvalue weighted by Gasteiger charge is -2.19. The average Bonchev–Trinajstić information content (AvgIpc) is 3.12.